The molecule has 5 heteroatoms. The van der Waals surface area contributed by atoms with Crippen LogP contribution in [0.5, 0.6) is 0 Å². The second kappa shape index (κ2) is 8.20. The third-order valence-electron chi connectivity index (χ3n) is 3.34. The number of aliphatic carboxylic acids is 1. The van der Waals surface area contributed by atoms with Gasteiger partial charge in [0.15, 0.2) is 0 Å². The van der Waals surface area contributed by atoms with Gasteiger partial charge in [0.05, 0.1) is 5.54 Å². The molecule has 1 aromatic rings. The first-order chi connectivity index (χ1) is 9.92. The lowest BCUT2D eigenvalue weighted by atomic mass is 9.91. The Hall–Kier alpha value is -1.33. The van der Waals surface area contributed by atoms with Gasteiger partial charge in [-0.3, -0.25) is 10.1 Å². The molecule has 0 saturated heterocycles. The average Bonchev–Trinajstić information content (AvgIpc) is 2.46. The molecule has 0 heterocycles. The van der Waals surface area contributed by atoms with Gasteiger partial charge in [-0.05, 0) is 24.3 Å². The number of hydrogen-bond acceptors (Lipinski definition) is 4. The van der Waals surface area contributed by atoms with Crippen LogP contribution in [0.15, 0.2) is 30.3 Å². The summed E-state index contributed by atoms with van der Waals surface area (Å²) >= 11 is 4.26. The number of carboxylic acids is 1. The highest BCUT2D eigenvalue weighted by Gasteiger charge is 2.34. The lowest BCUT2D eigenvalue weighted by Crippen LogP contribution is -2.57. The van der Waals surface area contributed by atoms with Crippen LogP contribution < -0.4 is 5.32 Å². The molecule has 1 unspecified atom stereocenters. The maximum Gasteiger partial charge on any atom is 0.320 e. The van der Waals surface area contributed by atoms with Crippen LogP contribution in [0.4, 0.5) is 0 Å². The van der Waals surface area contributed by atoms with Gasteiger partial charge in [0.2, 0.25) is 0 Å². The van der Waals surface area contributed by atoms with E-state index in [4.69, 9.17) is 0 Å². The van der Waals surface area contributed by atoms with Crippen LogP contribution in [0, 0.1) is 5.92 Å². The number of benzene rings is 1. The van der Waals surface area contributed by atoms with Gasteiger partial charge in [0.1, 0.15) is 12.3 Å². The van der Waals surface area contributed by atoms with E-state index in [0.717, 1.165) is 11.8 Å². The summed E-state index contributed by atoms with van der Waals surface area (Å²) in [5.41, 5.74) is 0.00224. The first-order valence-electron chi connectivity index (χ1n) is 7.04. The van der Waals surface area contributed by atoms with Gasteiger partial charge >= 0.3 is 5.97 Å². The Labute approximate surface area is 131 Å². The van der Waals surface area contributed by atoms with Crippen molar-refractivity contribution in [3.05, 3.63) is 35.9 Å². The third-order valence-corrected chi connectivity index (χ3v) is 3.90. The minimum absolute atomic E-state index is 0.222. The van der Waals surface area contributed by atoms with E-state index in [1.165, 1.54) is 0 Å². The number of carbonyl (C=O) groups is 2. The molecule has 0 aliphatic carbocycles. The van der Waals surface area contributed by atoms with E-state index >= 15 is 0 Å². The van der Waals surface area contributed by atoms with Crippen LogP contribution in [0.25, 0.3) is 0 Å². The van der Waals surface area contributed by atoms with Crippen LogP contribution in [0.1, 0.15) is 25.8 Å². The summed E-state index contributed by atoms with van der Waals surface area (Å²) in [7, 11) is 0. The molecular formula is C16H23NO3S. The van der Waals surface area contributed by atoms with E-state index in [0.29, 0.717) is 12.8 Å². The van der Waals surface area contributed by atoms with Crippen molar-refractivity contribution in [2.75, 3.05) is 5.75 Å². The summed E-state index contributed by atoms with van der Waals surface area (Å²) in [6, 6.07) is 8.77. The third kappa shape index (κ3) is 5.52. The van der Waals surface area contributed by atoms with Gasteiger partial charge in [-0.25, -0.2) is 0 Å². The Morgan fingerprint density at radius 1 is 1.38 bits per heavy atom. The monoisotopic (exact) mass is 309 g/mol. The number of rotatable bonds is 9. The summed E-state index contributed by atoms with van der Waals surface area (Å²) in [6.45, 7) is 3.91. The lowest BCUT2D eigenvalue weighted by molar-refractivity contribution is -0.140. The molecular weight excluding hydrogens is 286 g/mol. The van der Waals surface area contributed by atoms with Gasteiger partial charge < -0.3 is 9.90 Å². The Morgan fingerprint density at radius 2 is 2.00 bits per heavy atom. The van der Waals surface area contributed by atoms with Crippen molar-refractivity contribution in [3.8, 4) is 0 Å². The second-order valence-corrected chi connectivity index (χ2v) is 6.08. The van der Waals surface area contributed by atoms with E-state index in [1.807, 2.05) is 44.2 Å². The normalized spacial score (nSPS) is 15.4. The average molecular weight is 309 g/mol. The van der Waals surface area contributed by atoms with Crippen molar-refractivity contribution in [3.63, 3.8) is 0 Å². The van der Waals surface area contributed by atoms with E-state index in [1.54, 1.807) is 0 Å². The van der Waals surface area contributed by atoms with Crippen LogP contribution in [0.2, 0.25) is 0 Å². The number of carboxylic acid groups (broad SMARTS) is 1. The molecule has 0 amide bonds. The Kier molecular flexibility index (Phi) is 6.92. The SMILES string of the molecule is CC(C)C[C@H](NC(C=O)(CS)Cc1ccccc1)C(=O)O. The summed E-state index contributed by atoms with van der Waals surface area (Å²) in [5.74, 6) is -0.475. The molecule has 0 bridgehead atoms. The molecule has 2 N–H and O–H groups in total. The van der Waals surface area contributed by atoms with Gasteiger partial charge in [-0.15, -0.1) is 0 Å². The molecule has 0 radical (unpaired) electrons. The summed E-state index contributed by atoms with van der Waals surface area (Å²) in [5, 5.41) is 12.3. The standard InChI is InChI=1S/C16H23NO3S/c1-12(2)8-14(15(19)20)17-16(10-18,11-21)9-13-6-4-3-5-7-13/h3-7,10,12,14,17,21H,8-9,11H2,1-2H3,(H,19,20)/t14-,16?/m0/s1. The molecule has 0 aliphatic rings. The van der Waals surface area contributed by atoms with Gasteiger partial charge in [0, 0.05) is 5.75 Å². The van der Waals surface area contributed by atoms with Crippen molar-refractivity contribution < 1.29 is 14.7 Å². The minimum atomic E-state index is -0.970. The van der Waals surface area contributed by atoms with Gasteiger partial charge in [-0.2, -0.15) is 12.6 Å². The van der Waals surface area contributed by atoms with Crippen molar-refractivity contribution in [2.45, 2.75) is 38.3 Å². The maximum atomic E-state index is 11.6. The molecule has 1 aromatic carbocycles. The molecule has 0 aromatic heterocycles. The summed E-state index contributed by atoms with van der Waals surface area (Å²) in [6.07, 6.45) is 1.67. The fraction of sp³-hybridized carbons (Fsp3) is 0.500. The Balaban J connectivity index is 2.92. The van der Waals surface area contributed by atoms with Crippen LogP contribution in [0.3, 0.4) is 0 Å². The molecule has 116 valence electrons. The Bertz CT molecular complexity index is 464. The highest BCUT2D eigenvalue weighted by molar-refractivity contribution is 7.80. The zero-order valence-electron chi connectivity index (χ0n) is 12.5. The van der Waals surface area contributed by atoms with Crippen LogP contribution in [-0.2, 0) is 16.0 Å². The fourth-order valence-corrected chi connectivity index (χ4v) is 2.54. The highest BCUT2D eigenvalue weighted by atomic mass is 32.1. The van der Waals surface area contributed by atoms with Crippen molar-refractivity contribution >= 4 is 24.9 Å². The minimum Gasteiger partial charge on any atom is -0.480 e. The van der Waals surface area contributed by atoms with Crippen molar-refractivity contribution in [1.82, 2.24) is 5.32 Å². The van der Waals surface area contributed by atoms with Crippen LogP contribution >= 0.6 is 12.6 Å². The van der Waals surface area contributed by atoms with E-state index in [2.05, 4.69) is 17.9 Å². The molecule has 0 aliphatic heterocycles. The maximum absolute atomic E-state index is 11.6. The molecule has 21 heavy (non-hydrogen) atoms. The molecule has 2 atom stereocenters. The van der Waals surface area contributed by atoms with Crippen molar-refractivity contribution in [1.29, 1.82) is 0 Å². The number of aldehydes is 1. The second-order valence-electron chi connectivity index (χ2n) is 5.76. The number of hydrogen-bond donors (Lipinski definition) is 3. The van der Waals surface area contributed by atoms with Crippen molar-refractivity contribution in [2.24, 2.45) is 5.92 Å². The first kappa shape index (κ1) is 17.7. The summed E-state index contributed by atoms with van der Waals surface area (Å²) in [4.78, 5) is 23.0. The fourth-order valence-electron chi connectivity index (χ4n) is 2.27. The summed E-state index contributed by atoms with van der Waals surface area (Å²) < 4.78 is 0. The smallest absolute Gasteiger partial charge is 0.320 e. The zero-order valence-corrected chi connectivity index (χ0v) is 13.3. The Morgan fingerprint density at radius 3 is 2.43 bits per heavy atom. The quantitative estimate of drug-likeness (QED) is 0.483. The molecule has 1 rings (SSSR count). The topological polar surface area (TPSA) is 66.4 Å². The predicted molar refractivity (Wildman–Crippen MR) is 86.8 cm³/mol. The molecule has 0 saturated carbocycles. The largest absolute Gasteiger partial charge is 0.480 e. The molecule has 4 nitrogen and oxygen atoms in total. The molecule has 0 spiro atoms. The van der Waals surface area contributed by atoms with E-state index in [-0.39, 0.29) is 11.7 Å². The lowest BCUT2D eigenvalue weighted by Gasteiger charge is -2.32. The number of carbonyl (C=O) groups excluding carboxylic acids is 1. The van der Waals surface area contributed by atoms with Crippen LogP contribution in [-0.4, -0.2) is 34.7 Å². The molecule has 0 fully saturated rings. The van der Waals surface area contributed by atoms with E-state index < -0.39 is 17.6 Å². The predicted octanol–water partition coefficient (Wildman–Crippen LogP) is 2.19. The van der Waals surface area contributed by atoms with Gasteiger partial charge in [-0.1, -0.05) is 44.2 Å². The first-order valence-corrected chi connectivity index (χ1v) is 7.67. The zero-order chi connectivity index (χ0) is 15.9. The number of thiol groups is 1. The highest BCUT2D eigenvalue weighted by Crippen LogP contribution is 2.17. The van der Waals surface area contributed by atoms with E-state index in [9.17, 15) is 14.7 Å². The number of nitrogens with one attached hydrogen (secondary N) is 1. The van der Waals surface area contributed by atoms with Gasteiger partial charge in [0.25, 0.3) is 0 Å².